The van der Waals surface area contributed by atoms with Crippen molar-refractivity contribution in [3.8, 4) is 11.1 Å². The number of rotatable bonds is 4. The molecule has 0 fully saturated rings. The third-order valence-electron chi connectivity index (χ3n) is 4.41. The van der Waals surface area contributed by atoms with Gasteiger partial charge < -0.3 is 0 Å². The summed E-state index contributed by atoms with van der Waals surface area (Å²) in [4.78, 5) is 0. The summed E-state index contributed by atoms with van der Waals surface area (Å²) < 4.78 is 123. The van der Waals surface area contributed by atoms with Crippen LogP contribution < -0.4 is 0 Å². The first-order valence-electron chi connectivity index (χ1n) is 8.18. The second kappa shape index (κ2) is 7.41. The van der Waals surface area contributed by atoms with Gasteiger partial charge in [0.05, 0.1) is 0 Å². The van der Waals surface area contributed by atoms with Crippen molar-refractivity contribution in [3.05, 3.63) is 58.1 Å². The van der Waals surface area contributed by atoms with Gasteiger partial charge in [-0.2, -0.15) is 35.1 Å². The predicted octanol–water partition coefficient (Wildman–Crippen LogP) is 7.80. The van der Waals surface area contributed by atoms with Crippen LogP contribution in [0.2, 0.25) is 5.02 Å². The van der Waals surface area contributed by atoms with Gasteiger partial charge in [-0.05, 0) is 42.2 Å². The van der Waals surface area contributed by atoms with Gasteiger partial charge in [-0.3, -0.25) is 0 Å². The maximum atomic E-state index is 15.2. The minimum absolute atomic E-state index is 0.0184. The summed E-state index contributed by atoms with van der Waals surface area (Å²) in [6.07, 6.45) is -13.4. The maximum absolute atomic E-state index is 15.2. The standard InChI is InChI=1S/C19H14ClF9/c1-3-11-7-10(2)8-14(15(11)12-5-4-6-13(20)9-12)16(21,18(24,25)26)17(22,23)19(27,28)29/h4-9H,3H2,1-2H3. The van der Waals surface area contributed by atoms with E-state index in [4.69, 9.17) is 11.6 Å². The van der Waals surface area contributed by atoms with Crippen LogP contribution in [0.3, 0.4) is 0 Å². The molecule has 0 aromatic heterocycles. The number of benzene rings is 2. The minimum Gasteiger partial charge on any atom is -0.221 e. The van der Waals surface area contributed by atoms with Crippen molar-refractivity contribution >= 4 is 11.6 Å². The fraction of sp³-hybridized carbons (Fsp3) is 0.368. The third-order valence-corrected chi connectivity index (χ3v) is 4.64. The Bertz CT molecular complexity index is 900. The van der Waals surface area contributed by atoms with Gasteiger partial charge in [0, 0.05) is 10.6 Å². The Hall–Kier alpha value is -1.90. The highest BCUT2D eigenvalue weighted by atomic mass is 35.5. The molecule has 1 unspecified atom stereocenters. The summed E-state index contributed by atoms with van der Waals surface area (Å²) in [6.45, 7) is 2.62. The highest BCUT2D eigenvalue weighted by molar-refractivity contribution is 6.30. The van der Waals surface area contributed by atoms with Gasteiger partial charge in [0.25, 0.3) is 0 Å². The Morgan fingerprint density at radius 2 is 1.41 bits per heavy atom. The molecular weight excluding hydrogens is 435 g/mol. The van der Waals surface area contributed by atoms with Gasteiger partial charge in [-0.1, -0.05) is 48.4 Å². The van der Waals surface area contributed by atoms with Crippen molar-refractivity contribution in [3.63, 3.8) is 0 Å². The van der Waals surface area contributed by atoms with E-state index in [9.17, 15) is 35.1 Å². The average Bonchev–Trinajstić information content (AvgIpc) is 2.57. The monoisotopic (exact) mass is 448 g/mol. The van der Waals surface area contributed by atoms with Crippen LogP contribution in [0, 0.1) is 6.92 Å². The van der Waals surface area contributed by atoms with Crippen LogP contribution in [0.1, 0.15) is 23.6 Å². The van der Waals surface area contributed by atoms with Gasteiger partial charge in [0.2, 0.25) is 0 Å². The van der Waals surface area contributed by atoms with Crippen molar-refractivity contribution in [2.75, 3.05) is 0 Å². The van der Waals surface area contributed by atoms with Gasteiger partial charge in [-0.25, -0.2) is 4.39 Å². The van der Waals surface area contributed by atoms with Crippen LogP contribution in [0.5, 0.6) is 0 Å². The zero-order valence-electron chi connectivity index (χ0n) is 15.0. The topological polar surface area (TPSA) is 0 Å². The van der Waals surface area contributed by atoms with E-state index in [2.05, 4.69) is 0 Å². The molecule has 0 radical (unpaired) electrons. The van der Waals surface area contributed by atoms with Gasteiger partial charge in [0.1, 0.15) is 0 Å². The summed E-state index contributed by atoms with van der Waals surface area (Å²) in [5.41, 5.74) is -8.89. The Morgan fingerprint density at radius 1 is 0.828 bits per heavy atom. The van der Waals surface area contributed by atoms with E-state index in [1.165, 1.54) is 32.0 Å². The molecule has 2 aromatic rings. The molecular formula is C19H14ClF9. The Kier molecular flexibility index (Phi) is 5.98. The second-order valence-electron chi connectivity index (χ2n) is 6.44. The number of hydrogen-bond acceptors (Lipinski definition) is 0. The van der Waals surface area contributed by atoms with Gasteiger partial charge in [-0.15, -0.1) is 0 Å². The highest BCUT2D eigenvalue weighted by Gasteiger charge is 2.82. The van der Waals surface area contributed by atoms with E-state index >= 15 is 4.39 Å². The van der Waals surface area contributed by atoms with Crippen molar-refractivity contribution < 1.29 is 39.5 Å². The van der Waals surface area contributed by atoms with Crippen molar-refractivity contribution in [1.29, 1.82) is 0 Å². The third kappa shape index (κ3) is 3.81. The molecule has 0 amide bonds. The predicted molar refractivity (Wildman–Crippen MR) is 90.8 cm³/mol. The lowest BCUT2D eigenvalue weighted by molar-refractivity contribution is -0.389. The van der Waals surface area contributed by atoms with Crippen LogP contribution in [0.25, 0.3) is 11.1 Å². The zero-order chi connectivity index (χ0) is 22.4. The molecule has 0 saturated heterocycles. The highest BCUT2D eigenvalue weighted by Crippen LogP contribution is 2.60. The fourth-order valence-corrected chi connectivity index (χ4v) is 3.28. The Balaban J connectivity index is 3.05. The quantitative estimate of drug-likeness (QED) is 0.418. The van der Waals surface area contributed by atoms with E-state index in [1.54, 1.807) is 0 Å². The molecule has 2 rings (SSSR count). The number of hydrogen-bond donors (Lipinski definition) is 0. The number of alkyl halides is 9. The second-order valence-corrected chi connectivity index (χ2v) is 6.88. The molecule has 29 heavy (non-hydrogen) atoms. The fourth-order valence-electron chi connectivity index (χ4n) is 3.09. The Morgan fingerprint density at radius 3 is 1.86 bits per heavy atom. The van der Waals surface area contributed by atoms with Crippen molar-refractivity contribution in [2.24, 2.45) is 0 Å². The lowest BCUT2D eigenvalue weighted by atomic mass is 9.79. The zero-order valence-corrected chi connectivity index (χ0v) is 15.7. The van der Waals surface area contributed by atoms with Crippen LogP contribution in [0.4, 0.5) is 39.5 Å². The van der Waals surface area contributed by atoms with E-state index in [0.29, 0.717) is 6.07 Å². The summed E-state index contributed by atoms with van der Waals surface area (Å²) in [5.74, 6) is -6.75. The first-order chi connectivity index (χ1) is 13.1. The van der Waals surface area contributed by atoms with E-state index in [-0.39, 0.29) is 28.1 Å². The first-order valence-corrected chi connectivity index (χ1v) is 8.55. The Labute approximate surface area is 165 Å². The van der Waals surface area contributed by atoms with Crippen molar-refractivity contribution in [1.82, 2.24) is 0 Å². The smallest absolute Gasteiger partial charge is 0.221 e. The lowest BCUT2D eigenvalue weighted by Crippen LogP contribution is -2.60. The summed E-state index contributed by atoms with van der Waals surface area (Å²) in [6, 6.07) is 6.46. The molecule has 10 heteroatoms. The molecule has 0 spiro atoms. The molecule has 160 valence electrons. The van der Waals surface area contributed by atoms with Crippen molar-refractivity contribution in [2.45, 2.75) is 44.2 Å². The molecule has 0 aliphatic rings. The first kappa shape index (κ1) is 23.4. The molecule has 0 aliphatic heterocycles. The molecule has 0 nitrogen and oxygen atoms in total. The summed E-state index contributed by atoms with van der Waals surface area (Å²) >= 11 is 5.80. The molecule has 0 saturated carbocycles. The number of halogens is 10. The molecule has 1 atom stereocenters. The minimum atomic E-state index is -6.79. The molecule has 0 N–H and O–H groups in total. The van der Waals surface area contributed by atoms with Crippen LogP contribution in [-0.4, -0.2) is 18.3 Å². The van der Waals surface area contributed by atoms with Gasteiger partial charge in [0.15, 0.2) is 0 Å². The normalized spacial score (nSPS) is 15.3. The van der Waals surface area contributed by atoms with E-state index in [1.807, 2.05) is 0 Å². The summed E-state index contributed by atoms with van der Waals surface area (Å²) in [5, 5.41) is -0.0184. The SMILES string of the molecule is CCc1cc(C)cc(C(F)(C(F)(F)F)C(F)(F)C(F)(F)F)c1-c1cccc(Cl)c1. The molecule has 0 bridgehead atoms. The van der Waals surface area contributed by atoms with Gasteiger partial charge >= 0.3 is 23.9 Å². The maximum Gasteiger partial charge on any atom is 0.457 e. The lowest BCUT2D eigenvalue weighted by Gasteiger charge is -2.38. The van der Waals surface area contributed by atoms with E-state index in [0.717, 1.165) is 12.1 Å². The molecule has 0 aliphatic carbocycles. The van der Waals surface area contributed by atoms with E-state index < -0.39 is 35.1 Å². The number of aryl methyl sites for hydroxylation is 2. The van der Waals surface area contributed by atoms with Crippen LogP contribution in [0.15, 0.2) is 36.4 Å². The van der Waals surface area contributed by atoms with Crippen LogP contribution in [-0.2, 0) is 12.1 Å². The van der Waals surface area contributed by atoms with Crippen LogP contribution >= 0.6 is 11.6 Å². The largest absolute Gasteiger partial charge is 0.457 e. The summed E-state index contributed by atoms with van der Waals surface area (Å²) in [7, 11) is 0. The molecule has 0 heterocycles. The average molecular weight is 449 g/mol. The molecule has 2 aromatic carbocycles.